The molecule has 0 fully saturated rings. The molecular weight excluding hydrogens is 136 g/mol. The van der Waals surface area contributed by atoms with Gasteiger partial charge in [-0.25, -0.2) is 0 Å². The molecule has 0 spiro atoms. The summed E-state index contributed by atoms with van der Waals surface area (Å²) in [6, 6.07) is 8.53. The number of hydrogen-bond donors (Lipinski definition) is 0. The second-order valence-electron chi connectivity index (χ2n) is 2.96. The molecule has 0 saturated carbocycles. The SMILES string of the molecule is CO[C@@H]1CCc2ccccc21. The molecule has 0 saturated heterocycles. The van der Waals surface area contributed by atoms with Crippen LogP contribution in [0, 0.1) is 0 Å². The number of methoxy groups -OCH3 is 1. The molecule has 0 aliphatic heterocycles. The normalized spacial score (nSPS) is 21.7. The van der Waals surface area contributed by atoms with Crippen LogP contribution in [0.2, 0.25) is 0 Å². The van der Waals surface area contributed by atoms with Gasteiger partial charge in [-0.2, -0.15) is 0 Å². The second-order valence-corrected chi connectivity index (χ2v) is 2.96. The van der Waals surface area contributed by atoms with Crippen molar-refractivity contribution >= 4 is 0 Å². The number of benzene rings is 1. The smallest absolute Gasteiger partial charge is 0.0827 e. The van der Waals surface area contributed by atoms with E-state index in [2.05, 4.69) is 24.3 Å². The van der Waals surface area contributed by atoms with Crippen molar-refractivity contribution < 1.29 is 4.74 Å². The van der Waals surface area contributed by atoms with Gasteiger partial charge in [0.05, 0.1) is 6.10 Å². The van der Waals surface area contributed by atoms with Crippen LogP contribution in [-0.4, -0.2) is 7.11 Å². The van der Waals surface area contributed by atoms with Gasteiger partial charge in [-0.15, -0.1) is 0 Å². The summed E-state index contributed by atoms with van der Waals surface area (Å²) in [4.78, 5) is 0. The van der Waals surface area contributed by atoms with Crippen molar-refractivity contribution in [3.63, 3.8) is 0 Å². The molecule has 1 heteroatoms. The van der Waals surface area contributed by atoms with E-state index in [-0.39, 0.29) is 0 Å². The molecule has 1 atom stereocenters. The van der Waals surface area contributed by atoms with Crippen molar-refractivity contribution in [2.24, 2.45) is 0 Å². The lowest BCUT2D eigenvalue weighted by Gasteiger charge is -2.07. The minimum absolute atomic E-state index is 0.353. The van der Waals surface area contributed by atoms with Crippen molar-refractivity contribution in [2.45, 2.75) is 18.9 Å². The second kappa shape index (κ2) is 2.67. The van der Waals surface area contributed by atoms with E-state index in [4.69, 9.17) is 4.74 Å². The van der Waals surface area contributed by atoms with Crippen LogP contribution >= 0.6 is 0 Å². The summed E-state index contributed by atoms with van der Waals surface area (Å²) in [7, 11) is 1.78. The molecule has 0 amide bonds. The fourth-order valence-corrected chi connectivity index (χ4v) is 1.76. The van der Waals surface area contributed by atoms with Gasteiger partial charge in [0.25, 0.3) is 0 Å². The van der Waals surface area contributed by atoms with Crippen molar-refractivity contribution in [2.75, 3.05) is 7.11 Å². The van der Waals surface area contributed by atoms with Crippen LogP contribution < -0.4 is 0 Å². The number of hydrogen-bond acceptors (Lipinski definition) is 1. The predicted octanol–water partition coefficient (Wildman–Crippen LogP) is 2.32. The molecule has 58 valence electrons. The Bertz CT molecular complexity index is 255. The van der Waals surface area contributed by atoms with Crippen molar-refractivity contribution in [1.29, 1.82) is 0 Å². The molecule has 0 heterocycles. The number of ether oxygens (including phenoxy) is 1. The summed E-state index contributed by atoms with van der Waals surface area (Å²) in [6.45, 7) is 0. The van der Waals surface area contributed by atoms with E-state index in [9.17, 15) is 0 Å². The van der Waals surface area contributed by atoms with E-state index in [1.165, 1.54) is 17.5 Å². The molecule has 0 unspecified atom stereocenters. The quantitative estimate of drug-likeness (QED) is 0.594. The summed E-state index contributed by atoms with van der Waals surface area (Å²) in [6.07, 6.45) is 2.68. The standard InChI is InChI=1S/C10H12O/c1-11-10-7-6-8-4-2-3-5-9(8)10/h2-5,10H,6-7H2,1H3/t10-/m1/s1. The molecule has 1 aliphatic carbocycles. The third kappa shape index (κ3) is 1.05. The highest BCUT2D eigenvalue weighted by atomic mass is 16.5. The zero-order valence-corrected chi connectivity index (χ0v) is 6.71. The molecule has 0 radical (unpaired) electrons. The van der Waals surface area contributed by atoms with Crippen LogP contribution in [0.5, 0.6) is 0 Å². The Morgan fingerprint density at radius 3 is 3.00 bits per heavy atom. The molecule has 2 rings (SSSR count). The highest BCUT2D eigenvalue weighted by Crippen LogP contribution is 2.32. The largest absolute Gasteiger partial charge is 0.377 e. The Kier molecular flexibility index (Phi) is 1.66. The minimum Gasteiger partial charge on any atom is -0.377 e. The topological polar surface area (TPSA) is 9.23 Å². The van der Waals surface area contributed by atoms with Gasteiger partial charge >= 0.3 is 0 Å². The minimum atomic E-state index is 0.353. The van der Waals surface area contributed by atoms with E-state index in [0.717, 1.165) is 6.42 Å². The van der Waals surface area contributed by atoms with Gasteiger partial charge in [-0.1, -0.05) is 24.3 Å². The molecule has 0 aromatic heterocycles. The molecule has 1 aliphatic rings. The molecular formula is C10H12O. The average Bonchev–Trinajstić information content (AvgIpc) is 2.47. The van der Waals surface area contributed by atoms with Gasteiger partial charge in [-0.05, 0) is 24.0 Å². The fourth-order valence-electron chi connectivity index (χ4n) is 1.76. The van der Waals surface area contributed by atoms with E-state index < -0.39 is 0 Å². The Morgan fingerprint density at radius 1 is 1.36 bits per heavy atom. The van der Waals surface area contributed by atoms with Gasteiger partial charge in [0.2, 0.25) is 0 Å². The van der Waals surface area contributed by atoms with E-state index in [1.807, 2.05) is 0 Å². The van der Waals surface area contributed by atoms with Crippen molar-refractivity contribution in [3.05, 3.63) is 35.4 Å². The maximum atomic E-state index is 5.34. The summed E-state index contributed by atoms with van der Waals surface area (Å²) in [5, 5.41) is 0. The number of rotatable bonds is 1. The van der Waals surface area contributed by atoms with Gasteiger partial charge in [0, 0.05) is 7.11 Å². The van der Waals surface area contributed by atoms with Crippen LogP contribution in [0.3, 0.4) is 0 Å². The zero-order valence-electron chi connectivity index (χ0n) is 6.71. The maximum Gasteiger partial charge on any atom is 0.0827 e. The Morgan fingerprint density at radius 2 is 2.18 bits per heavy atom. The number of fused-ring (bicyclic) bond motifs is 1. The molecule has 11 heavy (non-hydrogen) atoms. The average molecular weight is 148 g/mol. The van der Waals surface area contributed by atoms with Crippen LogP contribution in [0.15, 0.2) is 24.3 Å². The van der Waals surface area contributed by atoms with Gasteiger partial charge in [-0.3, -0.25) is 0 Å². The molecule has 1 aromatic carbocycles. The fraction of sp³-hybridized carbons (Fsp3) is 0.400. The lowest BCUT2D eigenvalue weighted by Crippen LogP contribution is -1.94. The Balaban J connectivity index is 2.39. The highest BCUT2D eigenvalue weighted by Gasteiger charge is 2.20. The lowest BCUT2D eigenvalue weighted by molar-refractivity contribution is 0.105. The summed E-state index contributed by atoms with van der Waals surface area (Å²) in [5.74, 6) is 0. The van der Waals surface area contributed by atoms with Gasteiger partial charge in [0.1, 0.15) is 0 Å². The van der Waals surface area contributed by atoms with E-state index in [0.29, 0.717) is 6.10 Å². The van der Waals surface area contributed by atoms with Gasteiger partial charge < -0.3 is 4.74 Å². The molecule has 0 bridgehead atoms. The summed E-state index contributed by atoms with van der Waals surface area (Å²) >= 11 is 0. The van der Waals surface area contributed by atoms with Gasteiger partial charge in [0.15, 0.2) is 0 Å². The highest BCUT2D eigenvalue weighted by molar-refractivity contribution is 5.33. The van der Waals surface area contributed by atoms with Crippen LogP contribution in [-0.2, 0) is 11.2 Å². The lowest BCUT2D eigenvalue weighted by atomic mass is 10.1. The molecule has 1 nitrogen and oxygen atoms in total. The molecule has 1 aromatic rings. The summed E-state index contributed by atoms with van der Waals surface area (Å²) in [5.41, 5.74) is 2.84. The van der Waals surface area contributed by atoms with Crippen LogP contribution in [0.25, 0.3) is 0 Å². The first-order valence-electron chi connectivity index (χ1n) is 4.02. The molecule has 0 N–H and O–H groups in total. The maximum absolute atomic E-state index is 5.34. The number of aryl methyl sites for hydroxylation is 1. The first kappa shape index (κ1) is 6.86. The first-order chi connectivity index (χ1) is 5.42. The van der Waals surface area contributed by atoms with Crippen LogP contribution in [0.1, 0.15) is 23.7 Å². The predicted molar refractivity (Wildman–Crippen MR) is 44.5 cm³/mol. The summed E-state index contributed by atoms with van der Waals surface area (Å²) < 4.78 is 5.34. The first-order valence-corrected chi connectivity index (χ1v) is 4.02. The third-order valence-corrected chi connectivity index (χ3v) is 2.36. The zero-order chi connectivity index (χ0) is 7.68. The van der Waals surface area contributed by atoms with E-state index in [1.54, 1.807) is 7.11 Å². The third-order valence-electron chi connectivity index (χ3n) is 2.36. The van der Waals surface area contributed by atoms with Crippen molar-refractivity contribution in [1.82, 2.24) is 0 Å². The van der Waals surface area contributed by atoms with Crippen molar-refractivity contribution in [3.8, 4) is 0 Å². The monoisotopic (exact) mass is 148 g/mol. The Labute approximate surface area is 67.0 Å². The van der Waals surface area contributed by atoms with Crippen LogP contribution in [0.4, 0.5) is 0 Å². The Hall–Kier alpha value is -0.820. The van der Waals surface area contributed by atoms with E-state index >= 15 is 0 Å².